The van der Waals surface area contributed by atoms with Crippen LogP contribution in [0.4, 0.5) is 0 Å². The summed E-state index contributed by atoms with van der Waals surface area (Å²) in [5, 5.41) is 0. The van der Waals surface area contributed by atoms with Crippen molar-refractivity contribution in [1.82, 2.24) is 0 Å². The van der Waals surface area contributed by atoms with E-state index in [1.165, 1.54) is 32.6 Å². The summed E-state index contributed by atoms with van der Waals surface area (Å²) in [6.45, 7) is 7.34. The molecule has 0 heterocycles. The maximum absolute atomic E-state index is 11.2. The zero-order chi connectivity index (χ0) is 20.9. The lowest BCUT2D eigenvalue weighted by Crippen LogP contribution is -2.35. The fraction of sp³-hybridized carbons (Fsp3) is 0.955. The highest BCUT2D eigenvalue weighted by molar-refractivity contribution is 7.85. The second-order valence-corrected chi connectivity index (χ2v) is 11.9. The van der Waals surface area contributed by atoms with E-state index in [4.69, 9.17) is 14.0 Å². The van der Waals surface area contributed by atoms with Crippen LogP contribution in [0.15, 0.2) is 0 Å². The fourth-order valence-corrected chi connectivity index (χ4v) is 8.17. The Morgan fingerprint density at radius 2 is 1.59 bits per heavy atom. The number of esters is 1. The molecule has 6 nitrogen and oxygen atoms in total. The van der Waals surface area contributed by atoms with E-state index in [1.54, 1.807) is 0 Å². The summed E-state index contributed by atoms with van der Waals surface area (Å²) in [4.78, 5) is 11.2. The normalized spacial score (nSPS) is 45.8. The molecule has 0 saturated heterocycles. The first-order chi connectivity index (χ1) is 13.6. The third-order valence-electron chi connectivity index (χ3n) is 9.11. The minimum Gasteiger partial charge on any atom is -0.466 e. The van der Waals surface area contributed by atoms with Gasteiger partial charge in [-0.2, -0.15) is 8.42 Å². The van der Waals surface area contributed by atoms with Crippen molar-refractivity contribution >= 4 is 16.1 Å². The minimum atomic E-state index is -4.05. The smallest absolute Gasteiger partial charge is 0.302 e. The molecule has 29 heavy (non-hydrogen) atoms. The van der Waals surface area contributed by atoms with E-state index in [2.05, 4.69) is 13.8 Å². The van der Waals surface area contributed by atoms with Crippen LogP contribution in [0.3, 0.4) is 0 Å². The second kappa shape index (κ2) is 8.12. The number of rotatable bonds is 8. The SMILES string of the molecule is CC(=O)OCC1C[C@H]2C[C@H]1C(C)C2CC1C(C)[C@@H]2CC(COCS(=O)(=O)O)[C@@H]1C2. The Morgan fingerprint density at radius 1 is 0.931 bits per heavy atom. The summed E-state index contributed by atoms with van der Waals surface area (Å²) in [6.07, 6.45) is 6.14. The summed E-state index contributed by atoms with van der Waals surface area (Å²) >= 11 is 0. The molecule has 0 aliphatic heterocycles. The average molecular weight is 429 g/mol. The molecule has 0 radical (unpaired) electrons. The molecule has 4 aliphatic carbocycles. The number of carbonyl (C=O) groups excluding carboxylic acids is 1. The van der Waals surface area contributed by atoms with Crippen molar-refractivity contribution in [1.29, 1.82) is 0 Å². The molecular weight excluding hydrogens is 392 g/mol. The van der Waals surface area contributed by atoms with Crippen LogP contribution in [-0.2, 0) is 24.4 Å². The zero-order valence-electron chi connectivity index (χ0n) is 17.8. The van der Waals surface area contributed by atoms with Gasteiger partial charge in [-0.05, 0) is 91.3 Å². The summed E-state index contributed by atoms with van der Waals surface area (Å²) in [6, 6.07) is 0. The Bertz CT molecular complexity index is 719. The Balaban J connectivity index is 1.33. The molecule has 0 aromatic rings. The average Bonchev–Trinajstić information content (AvgIpc) is 3.35. The van der Waals surface area contributed by atoms with E-state index in [9.17, 15) is 13.2 Å². The topological polar surface area (TPSA) is 89.9 Å². The lowest BCUT2D eigenvalue weighted by molar-refractivity contribution is -0.143. The lowest BCUT2D eigenvalue weighted by Gasteiger charge is -2.40. The highest BCUT2D eigenvalue weighted by Gasteiger charge is 2.55. The number of ether oxygens (including phenoxy) is 2. The van der Waals surface area contributed by atoms with Crippen LogP contribution < -0.4 is 0 Å². The maximum atomic E-state index is 11.2. The van der Waals surface area contributed by atoms with E-state index >= 15 is 0 Å². The van der Waals surface area contributed by atoms with Crippen LogP contribution in [0, 0.1) is 59.2 Å². The van der Waals surface area contributed by atoms with E-state index in [1.807, 2.05) is 0 Å². The molecule has 0 spiro atoms. The Kier molecular flexibility index (Phi) is 6.04. The number of hydrogen-bond donors (Lipinski definition) is 1. The van der Waals surface area contributed by atoms with Crippen LogP contribution in [-0.4, -0.2) is 38.1 Å². The molecule has 4 bridgehead atoms. The van der Waals surface area contributed by atoms with Crippen LogP contribution in [0.25, 0.3) is 0 Å². The number of carbonyl (C=O) groups is 1. The van der Waals surface area contributed by atoms with Crippen molar-refractivity contribution in [2.45, 2.75) is 52.9 Å². The van der Waals surface area contributed by atoms with Gasteiger partial charge in [0.25, 0.3) is 10.1 Å². The predicted molar refractivity (Wildman–Crippen MR) is 108 cm³/mol. The zero-order valence-corrected chi connectivity index (χ0v) is 18.6. The largest absolute Gasteiger partial charge is 0.466 e. The first-order valence-corrected chi connectivity index (χ1v) is 12.9. The van der Waals surface area contributed by atoms with Gasteiger partial charge in [-0.3, -0.25) is 9.35 Å². The van der Waals surface area contributed by atoms with E-state index in [0.29, 0.717) is 48.7 Å². The lowest BCUT2D eigenvalue weighted by atomic mass is 9.66. The molecule has 4 saturated carbocycles. The Labute approximate surface area is 174 Å². The van der Waals surface area contributed by atoms with Crippen molar-refractivity contribution in [2.24, 2.45) is 59.2 Å². The molecule has 1 N–H and O–H groups in total. The molecule has 0 aromatic heterocycles. The minimum absolute atomic E-state index is 0.171. The Morgan fingerprint density at radius 3 is 2.21 bits per heavy atom. The third kappa shape index (κ3) is 4.38. The van der Waals surface area contributed by atoms with E-state index < -0.39 is 16.1 Å². The van der Waals surface area contributed by atoms with Gasteiger partial charge in [-0.15, -0.1) is 0 Å². The van der Waals surface area contributed by atoms with Gasteiger partial charge in [-0.25, -0.2) is 0 Å². The standard InChI is InChI=1S/C22H36O6S/c1-12-15-4-17(9-27-11-29(24,25)26)22(6-15)21(12)8-20-13(2)19-7-16(20)5-18(19)10-28-14(3)23/h12-13,15-22H,4-11H2,1-3H3,(H,24,25,26)/t12?,13?,15-,16+,17?,18?,19+,20?,21?,22+/m1/s1. The monoisotopic (exact) mass is 428 g/mol. The summed E-state index contributed by atoms with van der Waals surface area (Å²) in [7, 11) is -4.05. The van der Waals surface area contributed by atoms with Gasteiger partial charge in [0.1, 0.15) is 0 Å². The highest BCUT2D eigenvalue weighted by Crippen LogP contribution is 2.62. The van der Waals surface area contributed by atoms with Crippen molar-refractivity contribution < 1.29 is 27.2 Å². The van der Waals surface area contributed by atoms with Gasteiger partial charge >= 0.3 is 5.97 Å². The quantitative estimate of drug-likeness (QED) is 0.469. The van der Waals surface area contributed by atoms with E-state index in [0.717, 1.165) is 30.1 Å². The molecular formula is C22H36O6S. The van der Waals surface area contributed by atoms with Crippen molar-refractivity contribution in [2.75, 3.05) is 19.2 Å². The molecule has 4 fully saturated rings. The number of fused-ring (bicyclic) bond motifs is 4. The molecule has 4 aliphatic rings. The van der Waals surface area contributed by atoms with Crippen molar-refractivity contribution in [3.8, 4) is 0 Å². The van der Waals surface area contributed by atoms with Crippen LogP contribution >= 0.6 is 0 Å². The molecule has 10 atom stereocenters. The first-order valence-electron chi connectivity index (χ1n) is 11.3. The fourth-order valence-electron chi connectivity index (χ4n) is 7.86. The van der Waals surface area contributed by atoms with E-state index in [-0.39, 0.29) is 5.97 Å². The summed E-state index contributed by atoms with van der Waals surface area (Å²) in [5.74, 6) is 5.90. The molecule has 4 rings (SSSR count). The van der Waals surface area contributed by atoms with Gasteiger partial charge in [0.15, 0.2) is 5.94 Å². The molecule has 166 valence electrons. The van der Waals surface area contributed by atoms with Crippen LogP contribution in [0.2, 0.25) is 0 Å². The predicted octanol–water partition coefficient (Wildman–Crippen LogP) is 3.62. The van der Waals surface area contributed by atoms with Gasteiger partial charge < -0.3 is 9.47 Å². The van der Waals surface area contributed by atoms with Gasteiger partial charge in [0.2, 0.25) is 0 Å². The highest BCUT2D eigenvalue weighted by atomic mass is 32.2. The first kappa shape index (κ1) is 21.6. The third-order valence-corrected chi connectivity index (χ3v) is 9.57. The second-order valence-electron chi connectivity index (χ2n) is 10.5. The maximum Gasteiger partial charge on any atom is 0.302 e. The number of hydrogen-bond acceptors (Lipinski definition) is 5. The summed E-state index contributed by atoms with van der Waals surface area (Å²) in [5.41, 5.74) is 0. The van der Waals surface area contributed by atoms with Gasteiger partial charge in [0, 0.05) is 6.92 Å². The molecule has 0 aromatic carbocycles. The summed E-state index contributed by atoms with van der Waals surface area (Å²) < 4.78 is 41.4. The van der Waals surface area contributed by atoms with Crippen LogP contribution in [0.5, 0.6) is 0 Å². The molecule has 7 heteroatoms. The van der Waals surface area contributed by atoms with Crippen LogP contribution in [0.1, 0.15) is 52.9 Å². The molecule has 6 unspecified atom stereocenters. The van der Waals surface area contributed by atoms with Crippen molar-refractivity contribution in [3.63, 3.8) is 0 Å². The van der Waals surface area contributed by atoms with Gasteiger partial charge in [0.05, 0.1) is 13.2 Å². The van der Waals surface area contributed by atoms with Crippen molar-refractivity contribution in [3.05, 3.63) is 0 Å². The molecule has 0 amide bonds. The Hall–Kier alpha value is -0.660. The van der Waals surface area contributed by atoms with Gasteiger partial charge in [-0.1, -0.05) is 13.8 Å².